The largest absolute Gasteiger partial charge is 0.502 e. The molecule has 2 saturated carbocycles. The molecule has 0 amide bonds. The fourth-order valence-corrected chi connectivity index (χ4v) is 5.09. The molecular weight excluding hydrogens is 260 g/mol. The Balaban J connectivity index is 1.92. The zero-order valence-corrected chi connectivity index (χ0v) is 13.1. The van der Waals surface area contributed by atoms with Crippen LogP contribution in [0.15, 0.2) is 43.2 Å². The fourth-order valence-electron chi connectivity index (χ4n) is 5.09. The van der Waals surface area contributed by atoms with Gasteiger partial charge in [-0.2, -0.15) is 0 Å². The topological polar surface area (TPSA) is 18.5 Å². The van der Waals surface area contributed by atoms with E-state index in [-0.39, 0.29) is 5.41 Å². The van der Waals surface area contributed by atoms with Crippen molar-refractivity contribution in [3.05, 3.63) is 48.7 Å². The Morgan fingerprint density at radius 1 is 1.24 bits per heavy atom. The van der Waals surface area contributed by atoms with Gasteiger partial charge in [0.1, 0.15) is 0 Å². The second kappa shape index (κ2) is 5.84. The first kappa shape index (κ1) is 14.6. The Morgan fingerprint density at radius 3 is 2.67 bits per heavy atom. The molecule has 3 rings (SSSR count). The number of hydrogen-bond acceptors (Lipinski definition) is 2. The maximum absolute atomic E-state index is 5.56. The van der Waals surface area contributed by atoms with Crippen LogP contribution in [-0.2, 0) is 14.9 Å². The highest BCUT2D eigenvalue weighted by molar-refractivity contribution is 5.31. The van der Waals surface area contributed by atoms with Crippen LogP contribution >= 0.6 is 0 Å². The summed E-state index contributed by atoms with van der Waals surface area (Å²) in [7, 11) is 1.83. The van der Waals surface area contributed by atoms with Gasteiger partial charge in [-0.3, -0.25) is 0 Å². The minimum atomic E-state index is 0.204. The number of fused-ring (bicyclic) bond motifs is 2. The lowest BCUT2D eigenvalue weighted by molar-refractivity contribution is 0.0338. The standard InChI is InChI=1S/C19H26O2/c1-4-21-12-15-10-14-11-17(15)19(2,18(14)13-20-3)16-8-6-5-7-9-16/h4-9,14-15,17-18H,1,10-13H2,2-3H3. The molecule has 0 saturated heterocycles. The first-order chi connectivity index (χ1) is 10.2. The predicted octanol–water partition coefficient (Wildman–Crippen LogP) is 4.02. The zero-order chi connectivity index (χ0) is 14.9. The highest BCUT2D eigenvalue weighted by Crippen LogP contribution is 2.62. The minimum absolute atomic E-state index is 0.204. The third kappa shape index (κ3) is 2.30. The van der Waals surface area contributed by atoms with Crippen molar-refractivity contribution in [3.63, 3.8) is 0 Å². The second-order valence-electron chi connectivity index (χ2n) is 6.81. The quantitative estimate of drug-likeness (QED) is 0.735. The highest BCUT2D eigenvalue weighted by Gasteiger charge is 2.59. The predicted molar refractivity (Wildman–Crippen MR) is 85.0 cm³/mol. The van der Waals surface area contributed by atoms with Crippen LogP contribution in [0.3, 0.4) is 0 Å². The smallest absolute Gasteiger partial charge is 0.0904 e. The summed E-state index contributed by atoms with van der Waals surface area (Å²) < 4.78 is 11.1. The number of hydrogen-bond donors (Lipinski definition) is 0. The summed E-state index contributed by atoms with van der Waals surface area (Å²) in [5.41, 5.74) is 1.66. The molecular formula is C19H26O2. The number of methoxy groups -OCH3 is 1. The maximum atomic E-state index is 5.56. The molecule has 1 aromatic carbocycles. The van der Waals surface area contributed by atoms with Gasteiger partial charge in [-0.05, 0) is 42.1 Å². The Bertz CT molecular complexity index is 484. The lowest BCUT2D eigenvalue weighted by Gasteiger charge is -2.45. The first-order valence-corrected chi connectivity index (χ1v) is 7.98. The molecule has 2 fully saturated rings. The third-order valence-corrected chi connectivity index (χ3v) is 6.01. The van der Waals surface area contributed by atoms with Gasteiger partial charge < -0.3 is 9.47 Å². The van der Waals surface area contributed by atoms with E-state index in [0.29, 0.717) is 17.8 Å². The van der Waals surface area contributed by atoms with Gasteiger partial charge in [-0.25, -0.2) is 0 Å². The van der Waals surface area contributed by atoms with Crippen LogP contribution in [0, 0.1) is 23.7 Å². The molecule has 2 heteroatoms. The van der Waals surface area contributed by atoms with Crippen molar-refractivity contribution in [2.75, 3.05) is 20.3 Å². The zero-order valence-electron chi connectivity index (χ0n) is 13.1. The lowest BCUT2D eigenvalue weighted by Crippen LogP contribution is -2.44. The van der Waals surface area contributed by atoms with Crippen LogP contribution in [-0.4, -0.2) is 20.3 Å². The molecule has 2 nitrogen and oxygen atoms in total. The van der Waals surface area contributed by atoms with Gasteiger partial charge in [0.15, 0.2) is 0 Å². The normalized spacial score (nSPS) is 37.6. The van der Waals surface area contributed by atoms with Gasteiger partial charge in [0, 0.05) is 12.5 Å². The van der Waals surface area contributed by atoms with Crippen LogP contribution in [0.5, 0.6) is 0 Å². The highest BCUT2D eigenvalue weighted by atomic mass is 16.5. The SMILES string of the molecule is C=COCC1CC2CC1C(C)(c1ccccc1)C2COC. The van der Waals surface area contributed by atoms with Crippen molar-refractivity contribution in [2.24, 2.45) is 23.7 Å². The van der Waals surface area contributed by atoms with Crippen molar-refractivity contribution in [3.8, 4) is 0 Å². The minimum Gasteiger partial charge on any atom is -0.502 e. The van der Waals surface area contributed by atoms with Gasteiger partial charge in [0.2, 0.25) is 0 Å². The fraction of sp³-hybridized carbons (Fsp3) is 0.579. The molecule has 0 aromatic heterocycles. The molecule has 114 valence electrons. The molecule has 2 bridgehead atoms. The van der Waals surface area contributed by atoms with Crippen LogP contribution in [0.4, 0.5) is 0 Å². The maximum Gasteiger partial charge on any atom is 0.0904 e. The van der Waals surface area contributed by atoms with Gasteiger partial charge in [-0.15, -0.1) is 0 Å². The number of ether oxygens (including phenoxy) is 2. The lowest BCUT2D eigenvalue weighted by atomic mass is 9.60. The van der Waals surface area contributed by atoms with E-state index in [4.69, 9.17) is 9.47 Å². The Labute approximate surface area is 128 Å². The van der Waals surface area contributed by atoms with Gasteiger partial charge in [0.25, 0.3) is 0 Å². The summed E-state index contributed by atoms with van der Waals surface area (Å²) in [5.74, 6) is 2.71. The molecule has 0 aliphatic heterocycles. The van der Waals surface area contributed by atoms with Crippen molar-refractivity contribution >= 4 is 0 Å². The summed E-state index contributed by atoms with van der Waals surface area (Å²) in [6.45, 7) is 7.80. The molecule has 21 heavy (non-hydrogen) atoms. The number of benzene rings is 1. The molecule has 2 aliphatic carbocycles. The van der Waals surface area contributed by atoms with Crippen molar-refractivity contribution in [1.29, 1.82) is 0 Å². The first-order valence-electron chi connectivity index (χ1n) is 7.98. The Morgan fingerprint density at radius 2 is 2.00 bits per heavy atom. The van der Waals surface area contributed by atoms with Gasteiger partial charge in [0.05, 0.1) is 19.5 Å². The molecule has 5 atom stereocenters. The Kier molecular flexibility index (Phi) is 4.08. The molecule has 0 radical (unpaired) electrons. The number of rotatable bonds is 6. The van der Waals surface area contributed by atoms with E-state index in [9.17, 15) is 0 Å². The van der Waals surface area contributed by atoms with Crippen molar-refractivity contribution < 1.29 is 9.47 Å². The molecule has 1 aromatic rings. The summed E-state index contributed by atoms with van der Waals surface area (Å²) in [6, 6.07) is 11.0. The average Bonchev–Trinajstić information content (AvgIpc) is 3.05. The average molecular weight is 286 g/mol. The van der Waals surface area contributed by atoms with Crippen LogP contribution in [0.1, 0.15) is 25.3 Å². The van der Waals surface area contributed by atoms with E-state index in [1.807, 2.05) is 7.11 Å². The van der Waals surface area contributed by atoms with Crippen LogP contribution in [0.2, 0.25) is 0 Å². The monoisotopic (exact) mass is 286 g/mol. The van der Waals surface area contributed by atoms with Crippen LogP contribution in [0.25, 0.3) is 0 Å². The van der Waals surface area contributed by atoms with Crippen molar-refractivity contribution in [2.45, 2.75) is 25.2 Å². The van der Waals surface area contributed by atoms with E-state index >= 15 is 0 Å². The third-order valence-electron chi connectivity index (χ3n) is 6.01. The Hall–Kier alpha value is -1.28. The molecule has 0 N–H and O–H groups in total. The summed E-state index contributed by atoms with van der Waals surface area (Å²) in [6.07, 6.45) is 4.16. The second-order valence-corrected chi connectivity index (χ2v) is 6.81. The van der Waals surface area contributed by atoms with E-state index in [1.54, 1.807) is 6.26 Å². The molecule has 2 aliphatic rings. The van der Waals surface area contributed by atoms with Gasteiger partial charge >= 0.3 is 0 Å². The summed E-state index contributed by atoms with van der Waals surface area (Å²) in [4.78, 5) is 0. The summed E-state index contributed by atoms with van der Waals surface area (Å²) >= 11 is 0. The van der Waals surface area contributed by atoms with E-state index < -0.39 is 0 Å². The molecule has 0 spiro atoms. The van der Waals surface area contributed by atoms with E-state index in [2.05, 4.69) is 43.8 Å². The van der Waals surface area contributed by atoms with E-state index in [1.165, 1.54) is 18.4 Å². The van der Waals surface area contributed by atoms with E-state index in [0.717, 1.165) is 19.1 Å². The van der Waals surface area contributed by atoms with Crippen molar-refractivity contribution in [1.82, 2.24) is 0 Å². The molecule has 5 unspecified atom stereocenters. The van der Waals surface area contributed by atoms with Crippen LogP contribution < -0.4 is 0 Å². The summed E-state index contributed by atoms with van der Waals surface area (Å²) in [5, 5.41) is 0. The molecule has 0 heterocycles. The van der Waals surface area contributed by atoms with Gasteiger partial charge in [-0.1, -0.05) is 43.8 Å².